The Balaban J connectivity index is 3.42. The molecule has 0 heterocycles. The number of rotatable bonds is 16. The molecule has 0 aliphatic heterocycles. The van der Waals surface area contributed by atoms with E-state index in [1.54, 1.807) is 0 Å². The zero-order valence-corrected chi connectivity index (χ0v) is 17.3. The van der Waals surface area contributed by atoms with Crippen molar-refractivity contribution in [3.05, 3.63) is 48.6 Å². The second kappa shape index (κ2) is 21.6. The summed E-state index contributed by atoms with van der Waals surface area (Å²) in [6.45, 7) is 3.23. The number of nitrogens with one attached hydrogen (secondary N) is 1. The number of carbonyl (C=O) groups is 1. The number of hydrogen-bond acceptors (Lipinski definition) is 3. The van der Waals surface area contributed by atoms with Crippen LogP contribution in [0, 0.1) is 0 Å². The molecule has 148 valence electrons. The van der Waals surface area contributed by atoms with Gasteiger partial charge in [0.05, 0.1) is 6.61 Å². The van der Waals surface area contributed by atoms with Crippen LogP contribution in [0.2, 0.25) is 0 Å². The van der Waals surface area contributed by atoms with Crippen molar-refractivity contribution in [2.75, 3.05) is 18.9 Å². The normalized spacial score (nSPS) is 12.1. The maximum atomic E-state index is 11.2. The Morgan fingerprint density at radius 1 is 0.846 bits per heavy atom. The predicted octanol–water partition coefficient (Wildman–Crippen LogP) is 6.40. The largest absolute Gasteiger partial charge is 0.450 e. The molecule has 0 bridgehead atoms. The second-order valence-corrected chi connectivity index (χ2v) is 6.46. The summed E-state index contributed by atoms with van der Waals surface area (Å²) in [6.07, 6.45) is 27.2. The quantitative estimate of drug-likeness (QED) is 0.185. The molecule has 0 rings (SSSR count). The lowest BCUT2D eigenvalue weighted by atomic mass is 10.2. The van der Waals surface area contributed by atoms with Crippen LogP contribution < -0.4 is 5.32 Å². The van der Waals surface area contributed by atoms with Gasteiger partial charge in [-0.1, -0.05) is 68.4 Å². The van der Waals surface area contributed by atoms with Crippen molar-refractivity contribution in [1.29, 1.82) is 0 Å². The summed E-state index contributed by atoms with van der Waals surface area (Å²) < 4.78 is 5.02. The molecule has 0 aliphatic rings. The van der Waals surface area contributed by atoms with E-state index in [4.69, 9.17) is 4.74 Å². The third kappa shape index (κ3) is 20.6. The SMILES string of the molecule is CCCCCC=CCC=CCC=CCC=CCCCOC(=O)NCCS. The summed E-state index contributed by atoms with van der Waals surface area (Å²) in [5.41, 5.74) is 0. The number of hydrogen-bond donors (Lipinski definition) is 2. The molecule has 3 nitrogen and oxygen atoms in total. The van der Waals surface area contributed by atoms with Gasteiger partial charge in [-0.15, -0.1) is 0 Å². The summed E-state index contributed by atoms with van der Waals surface area (Å²) in [5, 5.41) is 2.62. The summed E-state index contributed by atoms with van der Waals surface area (Å²) in [7, 11) is 0. The molecule has 0 aromatic rings. The van der Waals surface area contributed by atoms with Crippen LogP contribution in [0.5, 0.6) is 0 Å². The topological polar surface area (TPSA) is 38.3 Å². The van der Waals surface area contributed by atoms with Crippen molar-refractivity contribution in [3.8, 4) is 0 Å². The van der Waals surface area contributed by atoms with Crippen LogP contribution in [-0.4, -0.2) is 25.0 Å². The molecule has 0 aromatic heterocycles. The zero-order valence-electron chi connectivity index (χ0n) is 16.4. The third-order valence-electron chi connectivity index (χ3n) is 3.59. The number of ether oxygens (including phenoxy) is 1. The Labute approximate surface area is 166 Å². The lowest BCUT2D eigenvalue weighted by Gasteiger charge is -2.04. The van der Waals surface area contributed by atoms with E-state index in [1.807, 2.05) is 0 Å². The van der Waals surface area contributed by atoms with Gasteiger partial charge in [-0.2, -0.15) is 12.6 Å². The minimum Gasteiger partial charge on any atom is -0.450 e. The van der Waals surface area contributed by atoms with Crippen LogP contribution in [0.1, 0.15) is 64.7 Å². The average Bonchev–Trinajstić information content (AvgIpc) is 2.65. The highest BCUT2D eigenvalue weighted by Gasteiger charge is 1.98. The van der Waals surface area contributed by atoms with Crippen LogP contribution >= 0.6 is 12.6 Å². The molecule has 0 aromatic carbocycles. The Hall–Kier alpha value is -1.42. The van der Waals surface area contributed by atoms with E-state index < -0.39 is 0 Å². The van der Waals surface area contributed by atoms with Crippen LogP contribution in [0.3, 0.4) is 0 Å². The van der Waals surface area contributed by atoms with Crippen molar-refractivity contribution in [2.45, 2.75) is 64.7 Å². The fraction of sp³-hybridized carbons (Fsp3) is 0.591. The molecule has 0 atom stereocenters. The number of thiol groups is 1. The molecule has 0 saturated carbocycles. The molecule has 1 N–H and O–H groups in total. The van der Waals surface area contributed by atoms with Crippen LogP contribution in [0.25, 0.3) is 0 Å². The van der Waals surface area contributed by atoms with Gasteiger partial charge in [-0.3, -0.25) is 0 Å². The first-order valence-electron chi connectivity index (χ1n) is 9.92. The van der Waals surface area contributed by atoms with Gasteiger partial charge in [-0.25, -0.2) is 4.79 Å². The number of amides is 1. The van der Waals surface area contributed by atoms with Gasteiger partial charge in [-0.05, 0) is 44.9 Å². The van der Waals surface area contributed by atoms with E-state index >= 15 is 0 Å². The van der Waals surface area contributed by atoms with E-state index in [9.17, 15) is 4.79 Å². The van der Waals surface area contributed by atoms with Gasteiger partial charge < -0.3 is 10.1 Å². The summed E-state index contributed by atoms with van der Waals surface area (Å²) in [6, 6.07) is 0. The highest BCUT2D eigenvalue weighted by Crippen LogP contribution is 2.01. The number of carbonyl (C=O) groups excluding carboxylic acids is 1. The Bertz CT molecular complexity index is 428. The molecule has 4 heteroatoms. The van der Waals surface area contributed by atoms with Gasteiger partial charge in [0.1, 0.15) is 0 Å². The number of alkyl carbamates (subject to hydrolysis) is 1. The number of allylic oxidation sites excluding steroid dienone is 8. The van der Waals surface area contributed by atoms with Gasteiger partial charge in [0.25, 0.3) is 0 Å². The van der Waals surface area contributed by atoms with Crippen LogP contribution in [0.15, 0.2) is 48.6 Å². The fourth-order valence-electron chi connectivity index (χ4n) is 2.14. The molecule has 0 aliphatic carbocycles. The minimum absolute atomic E-state index is 0.356. The molecule has 0 unspecified atom stereocenters. The van der Waals surface area contributed by atoms with Crippen molar-refractivity contribution >= 4 is 18.7 Å². The smallest absolute Gasteiger partial charge is 0.407 e. The lowest BCUT2D eigenvalue weighted by molar-refractivity contribution is 0.146. The Morgan fingerprint density at radius 3 is 1.92 bits per heavy atom. The maximum absolute atomic E-state index is 11.2. The lowest BCUT2D eigenvalue weighted by Crippen LogP contribution is -2.26. The van der Waals surface area contributed by atoms with Crippen LogP contribution in [0.4, 0.5) is 4.79 Å². The van der Waals surface area contributed by atoms with Crippen molar-refractivity contribution < 1.29 is 9.53 Å². The van der Waals surface area contributed by atoms with Crippen molar-refractivity contribution in [3.63, 3.8) is 0 Å². The van der Waals surface area contributed by atoms with E-state index in [-0.39, 0.29) is 6.09 Å². The van der Waals surface area contributed by atoms with Crippen molar-refractivity contribution in [2.24, 2.45) is 0 Å². The monoisotopic (exact) mass is 379 g/mol. The molecular formula is C22H37NO2S. The summed E-state index contributed by atoms with van der Waals surface area (Å²) in [4.78, 5) is 11.2. The zero-order chi connectivity index (χ0) is 19.1. The minimum atomic E-state index is -0.356. The Kier molecular flexibility index (Phi) is 20.4. The van der Waals surface area contributed by atoms with E-state index in [0.29, 0.717) is 18.9 Å². The van der Waals surface area contributed by atoms with Crippen LogP contribution in [-0.2, 0) is 4.74 Å². The molecule has 26 heavy (non-hydrogen) atoms. The molecule has 0 saturated heterocycles. The van der Waals surface area contributed by atoms with Gasteiger partial charge >= 0.3 is 6.09 Å². The average molecular weight is 380 g/mol. The molecular weight excluding hydrogens is 342 g/mol. The predicted molar refractivity (Wildman–Crippen MR) is 117 cm³/mol. The third-order valence-corrected chi connectivity index (χ3v) is 3.81. The standard InChI is InChI=1S/C22H37NO2S/c1-2-3-4-5-6-7-8-9-10-11-12-13-14-15-16-17-18-20-25-22(24)23-19-21-26/h6-7,9-10,12-13,15-16,26H,2-5,8,11,14,17-21H2,1H3,(H,23,24). The summed E-state index contributed by atoms with van der Waals surface area (Å²) >= 11 is 4.01. The fourth-order valence-corrected chi connectivity index (χ4v) is 2.25. The highest BCUT2D eigenvalue weighted by atomic mass is 32.1. The van der Waals surface area contributed by atoms with Gasteiger partial charge in [0.2, 0.25) is 0 Å². The second-order valence-electron chi connectivity index (χ2n) is 6.02. The number of unbranched alkanes of at least 4 members (excludes halogenated alkanes) is 4. The molecule has 1 amide bonds. The molecule has 0 radical (unpaired) electrons. The van der Waals surface area contributed by atoms with Gasteiger partial charge in [0.15, 0.2) is 0 Å². The maximum Gasteiger partial charge on any atom is 0.407 e. The first-order valence-corrected chi connectivity index (χ1v) is 10.6. The Morgan fingerprint density at radius 2 is 1.38 bits per heavy atom. The first-order chi connectivity index (χ1) is 12.8. The van der Waals surface area contributed by atoms with Crippen molar-refractivity contribution in [1.82, 2.24) is 5.32 Å². The summed E-state index contributed by atoms with van der Waals surface area (Å²) in [5.74, 6) is 0.622. The van der Waals surface area contributed by atoms with Gasteiger partial charge in [0, 0.05) is 12.3 Å². The molecule has 0 spiro atoms. The molecule has 0 fully saturated rings. The van der Waals surface area contributed by atoms with E-state index in [2.05, 4.69) is 73.5 Å². The van der Waals surface area contributed by atoms with E-state index in [0.717, 1.165) is 32.1 Å². The van der Waals surface area contributed by atoms with E-state index in [1.165, 1.54) is 25.7 Å². The first kappa shape index (κ1) is 24.6. The highest BCUT2D eigenvalue weighted by molar-refractivity contribution is 7.80.